The Morgan fingerprint density at radius 1 is 1.10 bits per heavy atom. The second kappa shape index (κ2) is 9.70. The van der Waals surface area contributed by atoms with Gasteiger partial charge < -0.3 is 15.5 Å². The van der Waals surface area contributed by atoms with Gasteiger partial charge in [-0.05, 0) is 36.5 Å². The van der Waals surface area contributed by atoms with E-state index in [1.807, 2.05) is 11.0 Å². The Balaban J connectivity index is 1.84. The molecule has 2 N–H and O–H groups in total. The average molecular weight is 394 g/mol. The number of amides is 2. The van der Waals surface area contributed by atoms with E-state index in [0.717, 1.165) is 24.1 Å². The van der Waals surface area contributed by atoms with E-state index in [4.69, 9.17) is 5.73 Å². The van der Waals surface area contributed by atoms with Gasteiger partial charge in [0.05, 0.1) is 12.5 Å². The third-order valence-corrected chi connectivity index (χ3v) is 5.52. The van der Waals surface area contributed by atoms with Crippen molar-refractivity contribution in [3.8, 4) is 11.1 Å². The molecule has 0 aliphatic carbocycles. The summed E-state index contributed by atoms with van der Waals surface area (Å²) in [4.78, 5) is 29.0. The quantitative estimate of drug-likeness (QED) is 0.821. The maximum atomic E-state index is 13.2. The van der Waals surface area contributed by atoms with Gasteiger partial charge in [-0.1, -0.05) is 61.0 Å². The molecule has 0 aromatic heterocycles. The summed E-state index contributed by atoms with van der Waals surface area (Å²) in [6, 6.07) is 16.8. The summed E-state index contributed by atoms with van der Waals surface area (Å²) in [6.45, 7) is 6.44. The number of rotatable bonds is 6. The molecule has 2 aromatic carbocycles. The average Bonchev–Trinajstić information content (AvgIpc) is 2.88. The van der Waals surface area contributed by atoms with Crippen molar-refractivity contribution in [2.75, 3.05) is 32.7 Å². The first kappa shape index (κ1) is 21.1. The SMILES string of the molecule is CCCN1CCN(C(=O)CN)C[C@H](Cc2cccc(-c3cccc(C)c3)c2)C1=O. The standard InChI is InChI=1S/C24H31N3O2/c1-3-10-26-11-12-27(23(28)16-25)17-22(24(26)29)15-19-7-5-9-21(14-19)20-8-4-6-18(2)13-20/h4-9,13-14,22H,3,10-12,15-17,25H2,1-2H3/t22-/m0/s1. The van der Waals surface area contributed by atoms with E-state index in [-0.39, 0.29) is 24.3 Å². The molecule has 2 amide bonds. The van der Waals surface area contributed by atoms with Crippen LogP contribution >= 0.6 is 0 Å². The third-order valence-electron chi connectivity index (χ3n) is 5.52. The minimum absolute atomic E-state index is 0.0163. The molecule has 0 spiro atoms. The van der Waals surface area contributed by atoms with Crippen molar-refractivity contribution in [3.63, 3.8) is 0 Å². The molecule has 1 aliphatic heterocycles. The highest BCUT2D eigenvalue weighted by Gasteiger charge is 2.31. The number of carbonyl (C=O) groups excluding carboxylic acids is 2. The van der Waals surface area contributed by atoms with E-state index in [0.29, 0.717) is 26.1 Å². The lowest BCUT2D eigenvalue weighted by Gasteiger charge is -2.24. The first-order chi connectivity index (χ1) is 14.0. The van der Waals surface area contributed by atoms with E-state index in [9.17, 15) is 9.59 Å². The molecule has 5 nitrogen and oxygen atoms in total. The number of nitrogens with two attached hydrogens (primary N) is 1. The number of benzene rings is 2. The van der Waals surface area contributed by atoms with Gasteiger partial charge in [-0.15, -0.1) is 0 Å². The van der Waals surface area contributed by atoms with Crippen LogP contribution in [-0.2, 0) is 16.0 Å². The summed E-state index contributed by atoms with van der Waals surface area (Å²) in [5.41, 5.74) is 10.2. The molecule has 1 heterocycles. The fourth-order valence-electron chi connectivity index (χ4n) is 4.03. The highest BCUT2D eigenvalue weighted by atomic mass is 16.2. The lowest BCUT2D eigenvalue weighted by Crippen LogP contribution is -2.40. The first-order valence-corrected chi connectivity index (χ1v) is 10.4. The lowest BCUT2D eigenvalue weighted by atomic mass is 9.94. The second-order valence-electron chi connectivity index (χ2n) is 7.84. The fraction of sp³-hybridized carbons (Fsp3) is 0.417. The van der Waals surface area contributed by atoms with Gasteiger partial charge in [0.15, 0.2) is 0 Å². The molecule has 154 valence electrons. The van der Waals surface area contributed by atoms with Crippen LogP contribution in [0, 0.1) is 12.8 Å². The van der Waals surface area contributed by atoms with Crippen LogP contribution in [0.2, 0.25) is 0 Å². The van der Waals surface area contributed by atoms with Gasteiger partial charge in [0.2, 0.25) is 11.8 Å². The third kappa shape index (κ3) is 5.24. The Hall–Kier alpha value is -2.66. The molecule has 0 saturated carbocycles. The van der Waals surface area contributed by atoms with Crippen LogP contribution in [0.1, 0.15) is 24.5 Å². The summed E-state index contributed by atoms with van der Waals surface area (Å²) in [7, 11) is 0. The van der Waals surface area contributed by atoms with Crippen LogP contribution in [0.3, 0.4) is 0 Å². The largest absolute Gasteiger partial charge is 0.341 e. The normalized spacial score (nSPS) is 17.3. The van der Waals surface area contributed by atoms with Gasteiger partial charge >= 0.3 is 0 Å². The molecular formula is C24H31N3O2. The van der Waals surface area contributed by atoms with E-state index in [1.54, 1.807) is 4.90 Å². The molecule has 0 unspecified atom stereocenters. The van der Waals surface area contributed by atoms with Crippen molar-refractivity contribution >= 4 is 11.8 Å². The van der Waals surface area contributed by atoms with Crippen LogP contribution in [0.4, 0.5) is 0 Å². The molecule has 1 atom stereocenters. The highest BCUT2D eigenvalue weighted by molar-refractivity contribution is 5.83. The van der Waals surface area contributed by atoms with Crippen molar-refractivity contribution < 1.29 is 9.59 Å². The Morgan fingerprint density at radius 3 is 2.52 bits per heavy atom. The van der Waals surface area contributed by atoms with Crippen LogP contribution in [0.5, 0.6) is 0 Å². The molecule has 29 heavy (non-hydrogen) atoms. The van der Waals surface area contributed by atoms with Crippen molar-refractivity contribution in [1.29, 1.82) is 0 Å². The molecule has 1 fully saturated rings. The van der Waals surface area contributed by atoms with Gasteiger partial charge in [-0.3, -0.25) is 9.59 Å². The molecule has 1 aliphatic rings. The maximum Gasteiger partial charge on any atom is 0.236 e. The molecule has 0 bridgehead atoms. The van der Waals surface area contributed by atoms with Gasteiger partial charge in [-0.2, -0.15) is 0 Å². The number of aryl methyl sites for hydroxylation is 1. The summed E-state index contributed by atoms with van der Waals surface area (Å²) in [6.07, 6.45) is 1.53. The topological polar surface area (TPSA) is 66.6 Å². The van der Waals surface area contributed by atoms with Gasteiger partial charge in [0.25, 0.3) is 0 Å². The van der Waals surface area contributed by atoms with E-state index >= 15 is 0 Å². The number of nitrogens with zero attached hydrogens (tertiary/aromatic N) is 2. The minimum Gasteiger partial charge on any atom is -0.341 e. The molecule has 2 aromatic rings. The van der Waals surface area contributed by atoms with Crippen LogP contribution in [-0.4, -0.2) is 54.3 Å². The second-order valence-corrected chi connectivity index (χ2v) is 7.84. The minimum atomic E-state index is -0.243. The Kier molecular flexibility index (Phi) is 7.04. The van der Waals surface area contributed by atoms with Crippen molar-refractivity contribution in [1.82, 2.24) is 9.80 Å². The van der Waals surface area contributed by atoms with Gasteiger partial charge in [-0.25, -0.2) is 0 Å². The van der Waals surface area contributed by atoms with Crippen molar-refractivity contribution in [2.45, 2.75) is 26.7 Å². The zero-order valence-electron chi connectivity index (χ0n) is 17.4. The fourth-order valence-corrected chi connectivity index (χ4v) is 4.03. The smallest absolute Gasteiger partial charge is 0.236 e. The zero-order chi connectivity index (χ0) is 20.8. The predicted octanol–water partition coefficient (Wildman–Crippen LogP) is 2.86. The zero-order valence-corrected chi connectivity index (χ0v) is 17.4. The molecule has 1 saturated heterocycles. The van der Waals surface area contributed by atoms with Gasteiger partial charge in [0, 0.05) is 26.2 Å². The van der Waals surface area contributed by atoms with Crippen LogP contribution < -0.4 is 5.73 Å². The molecular weight excluding hydrogens is 362 g/mol. The molecule has 5 heteroatoms. The highest BCUT2D eigenvalue weighted by Crippen LogP contribution is 2.24. The van der Waals surface area contributed by atoms with E-state index in [2.05, 4.69) is 56.3 Å². The predicted molar refractivity (Wildman–Crippen MR) is 116 cm³/mol. The Bertz CT molecular complexity index is 865. The maximum absolute atomic E-state index is 13.2. The van der Waals surface area contributed by atoms with E-state index in [1.165, 1.54) is 11.1 Å². The summed E-state index contributed by atoms with van der Waals surface area (Å²) < 4.78 is 0. The summed E-state index contributed by atoms with van der Waals surface area (Å²) >= 11 is 0. The number of hydrogen-bond donors (Lipinski definition) is 1. The number of carbonyl (C=O) groups is 2. The van der Waals surface area contributed by atoms with Gasteiger partial charge in [0.1, 0.15) is 0 Å². The molecule has 0 radical (unpaired) electrons. The summed E-state index contributed by atoms with van der Waals surface area (Å²) in [5.74, 6) is -0.193. The Morgan fingerprint density at radius 2 is 1.83 bits per heavy atom. The van der Waals surface area contributed by atoms with Crippen molar-refractivity contribution in [2.24, 2.45) is 11.7 Å². The Labute approximate surface area is 173 Å². The first-order valence-electron chi connectivity index (χ1n) is 10.4. The van der Waals surface area contributed by atoms with Crippen molar-refractivity contribution in [3.05, 3.63) is 59.7 Å². The number of hydrogen-bond acceptors (Lipinski definition) is 3. The summed E-state index contributed by atoms with van der Waals surface area (Å²) in [5, 5.41) is 0. The van der Waals surface area contributed by atoms with Crippen LogP contribution in [0.25, 0.3) is 11.1 Å². The van der Waals surface area contributed by atoms with E-state index < -0.39 is 0 Å². The monoisotopic (exact) mass is 393 g/mol. The van der Waals surface area contributed by atoms with Crippen LogP contribution in [0.15, 0.2) is 48.5 Å². The molecule has 3 rings (SSSR count). The lowest BCUT2D eigenvalue weighted by molar-refractivity contribution is -0.134.